The highest BCUT2D eigenvalue weighted by atomic mass is 79.9. The summed E-state index contributed by atoms with van der Waals surface area (Å²) in [6, 6.07) is 10.0. The summed E-state index contributed by atoms with van der Waals surface area (Å²) in [5.74, 6) is -0.520. The molecule has 2 rings (SSSR count). The monoisotopic (exact) mass is 358 g/mol. The van der Waals surface area contributed by atoms with Gasteiger partial charge in [0.1, 0.15) is 11.9 Å². The van der Waals surface area contributed by atoms with E-state index < -0.39 is 21.8 Å². The Labute approximate surface area is 125 Å². The minimum atomic E-state index is -3.29. The quantitative estimate of drug-likeness (QED) is 0.917. The molecule has 0 fully saturated rings. The SMILES string of the molecule is CS(=O)(=O)c1ccc(C(O)c2cc(Br)ccc2F)cc1. The topological polar surface area (TPSA) is 54.4 Å². The van der Waals surface area contributed by atoms with Gasteiger partial charge in [-0.05, 0) is 35.9 Å². The van der Waals surface area contributed by atoms with Crippen LogP contribution in [0.15, 0.2) is 51.8 Å². The van der Waals surface area contributed by atoms with Crippen molar-refractivity contribution < 1.29 is 17.9 Å². The predicted molar refractivity (Wildman–Crippen MR) is 77.7 cm³/mol. The molecule has 0 aromatic heterocycles. The molecular formula is C14H12BrFO3S. The molecular weight excluding hydrogens is 347 g/mol. The van der Waals surface area contributed by atoms with Gasteiger partial charge >= 0.3 is 0 Å². The van der Waals surface area contributed by atoms with E-state index >= 15 is 0 Å². The first kappa shape index (κ1) is 15.2. The molecule has 0 bridgehead atoms. The lowest BCUT2D eigenvalue weighted by molar-refractivity contribution is 0.215. The summed E-state index contributed by atoms with van der Waals surface area (Å²) in [5, 5.41) is 10.2. The van der Waals surface area contributed by atoms with Crippen LogP contribution >= 0.6 is 15.9 Å². The van der Waals surface area contributed by atoms with Crippen LogP contribution < -0.4 is 0 Å². The molecule has 20 heavy (non-hydrogen) atoms. The van der Waals surface area contributed by atoms with Crippen LogP contribution in [0.1, 0.15) is 17.2 Å². The number of benzene rings is 2. The van der Waals surface area contributed by atoms with Gasteiger partial charge in [-0.1, -0.05) is 28.1 Å². The van der Waals surface area contributed by atoms with Crippen molar-refractivity contribution in [1.82, 2.24) is 0 Å². The van der Waals surface area contributed by atoms with Crippen molar-refractivity contribution in [2.45, 2.75) is 11.0 Å². The van der Waals surface area contributed by atoms with Gasteiger partial charge in [0.05, 0.1) is 4.90 Å². The van der Waals surface area contributed by atoms with Crippen molar-refractivity contribution in [1.29, 1.82) is 0 Å². The first-order valence-electron chi connectivity index (χ1n) is 5.72. The third-order valence-corrected chi connectivity index (χ3v) is 4.50. The zero-order valence-electron chi connectivity index (χ0n) is 10.5. The van der Waals surface area contributed by atoms with Crippen LogP contribution in [0.3, 0.4) is 0 Å². The molecule has 0 aliphatic heterocycles. The highest BCUT2D eigenvalue weighted by Crippen LogP contribution is 2.27. The maximum atomic E-state index is 13.7. The van der Waals surface area contributed by atoms with Crippen LogP contribution in [-0.2, 0) is 9.84 Å². The maximum Gasteiger partial charge on any atom is 0.175 e. The Morgan fingerprint density at radius 3 is 2.30 bits per heavy atom. The second-order valence-electron chi connectivity index (χ2n) is 4.41. The standard InChI is InChI=1S/C14H12BrFO3S/c1-20(18,19)11-5-2-9(3-6-11)14(17)12-8-10(15)4-7-13(12)16/h2-8,14,17H,1H3. The van der Waals surface area contributed by atoms with Crippen molar-refractivity contribution in [2.75, 3.05) is 6.26 Å². The molecule has 2 aromatic carbocycles. The normalized spacial score (nSPS) is 13.2. The average Bonchev–Trinajstić information content (AvgIpc) is 2.40. The molecule has 0 amide bonds. The summed E-state index contributed by atoms with van der Waals surface area (Å²) in [6.07, 6.45) is -0.0482. The number of rotatable bonds is 3. The van der Waals surface area contributed by atoms with Gasteiger partial charge in [-0.25, -0.2) is 12.8 Å². The van der Waals surface area contributed by atoms with E-state index in [-0.39, 0.29) is 10.5 Å². The summed E-state index contributed by atoms with van der Waals surface area (Å²) in [5.41, 5.74) is 0.556. The molecule has 3 nitrogen and oxygen atoms in total. The van der Waals surface area contributed by atoms with Crippen LogP contribution in [0.5, 0.6) is 0 Å². The van der Waals surface area contributed by atoms with Crippen molar-refractivity contribution in [3.05, 3.63) is 63.9 Å². The molecule has 0 saturated heterocycles. The number of hydrogen-bond donors (Lipinski definition) is 1. The number of hydrogen-bond acceptors (Lipinski definition) is 3. The highest BCUT2D eigenvalue weighted by molar-refractivity contribution is 9.10. The van der Waals surface area contributed by atoms with E-state index in [1.807, 2.05) is 0 Å². The Hall–Kier alpha value is -1.24. The minimum absolute atomic E-state index is 0.131. The Kier molecular flexibility index (Phi) is 4.27. The van der Waals surface area contributed by atoms with Crippen LogP contribution in [0.4, 0.5) is 4.39 Å². The fraction of sp³-hybridized carbons (Fsp3) is 0.143. The molecule has 0 radical (unpaired) electrons. The van der Waals surface area contributed by atoms with Gasteiger partial charge in [0, 0.05) is 16.3 Å². The number of aliphatic hydroxyl groups excluding tert-OH is 1. The van der Waals surface area contributed by atoms with Gasteiger partial charge in [0.2, 0.25) is 0 Å². The van der Waals surface area contributed by atoms with E-state index in [4.69, 9.17) is 0 Å². The van der Waals surface area contributed by atoms with Crippen LogP contribution in [0.2, 0.25) is 0 Å². The van der Waals surface area contributed by atoms with Gasteiger partial charge in [0.25, 0.3) is 0 Å². The van der Waals surface area contributed by atoms with Gasteiger partial charge < -0.3 is 5.11 Å². The fourth-order valence-corrected chi connectivity index (χ4v) is 2.81. The van der Waals surface area contributed by atoms with Gasteiger partial charge in [-0.3, -0.25) is 0 Å². The lowest BCUT2D eigenvalue weighted by atomic mass is 10.0. The lowest BCUT2D eigenvalue weighted by Gasteiger charge is -2.13. The second-order valence-corrected chi connectivity index (χ2v) is 7.34. The van der Waals surface area contributed by atoms with Gasteiger partial charge in [0.15, 0.2) is 9.84 Å². The highest BCUT2D eigenvalue weighted by Gasteiger charge is 2.16. The number of sulfone groups is 1. The van der Waals surface area contributed by atoms with Crippen molar-refractivity contribution in [2.24, 2.45) is 0 Å². The smallest absolute Gasteiger partial charge is 0.175 e. The van der Waals surface area contributed by atoms with E-state index in [0.29, 0.717) is 10.0 Å². The molecule has 106 valence electrons. The summed E-state index contributed by atoms with van der Waals surface area (Å²) >= 11 is 3.22. The van der Waals surface area contributed by atoms with Crippen molar-refractivity contribution >= 4 is 25.8 Å². The molecule has 0 saturated carbocycles. The summed E-state index contributed by atoms with van der Waals surface area (Å²) in [4.78, 5) is 0.156. The third-order valence-electron chi connectivity index (χ3n) is 2.88. The Morgan fingerprint density at radius 1 is 1.15 bits per heavy atom. The summed E-state index contributed by atoms with van der Waals surface area (Å²) < 4.78 is 37.1. The first-order valence-corrected chi connectivity index (χ1v) is 8.40. The fourth-order valence-electron chi connectivity index (χ4n) is 1.80. The van der Waals surface area contributed by atoms with E-state index in [9.17, 15) is 17.9 Å². The molecule has 1 unspecified atom stereocenters. The minimum Gasteiger partial charge on any atom is -0.384 e. The second kappa shape index (κ2) is 5.63. The van der Waals surface area contributed by atoms with Gasteiger partial charge in [-0.2, -0.15) is 0 Å². The van der Waals surface area contributed by atoms with E-state index in [1.54, 1.807) is 0 Å². The summed E-state index contributed by atoms with van der Waals surface area (Å²) in [7, 11) is -3.29. The Morgan fingerprint density at radius 2 is 1.75 bits per heavy atom. The molecule has 6 heteroatoms. The Bertz CT molecular complexity index is 727. The first-order chi connectivity index (χ1) is 9.29. The van der Waals surface area contributed by atoms with Crippen LogP contribution in [0.25, 0.3) is 0 Å². The van der Waals surface area contributed by atoms with Gasteiger partial charge in [-0.15, -0.1) is 0 Å². The number of aliphatic hydroxyl groups is 1. The molecule has 0 heterocycles. The molecule has 2 aromatic rings. The van der Waals surface area contributed by atoms with Crippen molar-refractivity contribution in [3.8, 4) is 0 Å². The predicted octanol–water partition coefficient (Wildman–Crippen LogP) is 3.07. The largest absolute Gasteiger partial charge is 0.384 e. The summed E-state index contributed by atoms with van der Waals surface area (Å²) in [6.45, 7) is 0. The van der Waals surface area contributed by atoms with Crippen LogP contribution in [-0.4, -0.2) is 19.8 Å². The molecule has 0 spiro atoms. The lowest BCUT2D eigenvalue weighted by Crippen LogP contribution is -2.04. The molecule has 1 N–H and O–H groups in total. The molecule has 1 atom stereocenters. The molecule has 0 aliphatic carbocycles. The zero-order chi connectivity index (χ0) is 14.9. The van der Waals surface area contributed by atoms with Crippen molar-refractivity contribution in [3.63, 3.8) is 0 Å². The zero-order valence-corrected chi connectivity index (χ0v) is 12.9. The van der Waals surface area contributed by atoms with E-state index in [2.05, 4.69) is 15.9 Å². The Balaban J connectivity index is 2.39. The molecule has 0 aliphatic rings. The maximum absolute atomic E-state index is 13.7. The third kappa shape index (κ3) is 3.26. The number of halogens is 2. The van der Waals surface area contributed by atoms with Crippen LogP contribution in [0, 0.1) is 5.82 Å². The average molecular weight is 359 g/mol. The van der Waals surface area contributed by atoms with E-state index in [0.717, 1.165) is 6.26 Å². The van der Waals surface area contributed by atoms with E-state index in [1.165, 1.54) is 42.5 Å².